The summed E-state index contributed by atoms with van der Waals surface area (Å²) in [5.74, 6) is -1.32. The molecule has 0 aliphatic rings. The number of furan rings is 1. The third kappa shape index (κ3) is 4.05. The Kier molecular flexibility index (Phi) is 4.79. The van der Waals surface area contributed by atoms with Crippen LogP contribution in [0.4, 0.5) is 0 Å². The van der Waals surface area contributed by atoms with Gasteiger partial charge in [0.2, 0.25) is 5.91 Å². The molecular weight excluding hydrogens is 324 g/mol. The van der Waals surface area contributed by atoms with Crippen molar-refractivity contribution in [1.82, 2.24) is 21.2 Å². The number of fused-ring (bicyclic) bond motifs is 1. The van der Waals surface area contributed by atoms with Crippen molar-refractivity contribution in [2.24, 2.45) is 0 Å². The number of para-hydroxylation sites is 1. The fourth-order valence-electron chi connectivity index (χ4n) is 2.33. The zero-order chi connectivity index (χ0) is 17.6. The molecule has 0 bridgehead atoms. The summed E-state index contributed by atoms with van der Waals surface area (Å²) in [6.07, 6.45) is 3.23. The lowest BCUT2D eigenvalue weighted by molar-refractivity contribution is -0.128. The summed E-state index contributed by atoms with van der Waals surface area (Å²) in [6.45, 7) is -0.285. The Labute approximate surface area is 142 Å². The fraction of sp³-hybridized carbons (Fsp3) is 0.118. The Morgan fingerprint density at radius 3 is 2.60 bits per heavy atom. The van der Waals surface area contributed by atoms with Gasteiger partial charge in [-0.3, -0.25) is 25.2 Å². The minimum Gasteiger partial charge on any atom is -0.459 e. The molecule has 1 aromatic carbocycles. The number of H-pyrrole nitrogens is 1. The van der Waals surface area contributed by atoms with Gasteiger partial charge in [-0.2, -0.15) is 0 Å². The van der Waals surface area contributed by atoms with Gasteiger partial charge >= 0.3 is 0 Å². The van der Waals surface area contributed by atoms with Crippen LogP contribution < -0.4 is 16.2 Å². The molecule has 0 saturated carbocycles. The van der Waals surface area contributed by atoms with E-state index >= 15 is 0 Å². The van der Waals surface area contributed by atoms with Crippen LogP contribution in [0.5, 0.6) is 0 Å². The van der Waals surface area contributed by atoms with E-state index in [1.807, 2.05) is 24.3 Å². The van der Waals surface area contributed by atoms with E-state index in [4.69, 9.17) is 4.42 Å². The van der Waals surface area contributed by atoms with Crippen molar-refractivity contribution in [2.45, 2.75) is 6.42 Å². The number of hydrogen-bond acceptors (Lipinski definition) is 4. The van der Waals surface area contributed by atoms with Gasteiger partial charge in [0.05, 0.1) is 19.2 Å². The molecule has 8 heteroatoms. The Balaban J connectivity index is 1.44. The Morgan fingerprint density at radius 2 is 1.80 bits per heavy atom. The summed E-state index contributed by atoms with van der Waals surface area (Å²) < 4.78 is 4.90. The van der Waals surface area contributed by atoms with Gasteiger partial charge in [0.25, 0.3) is 11.8 Å². The molecule has 0 fully saturated rings. The van der Waals surface area contributed by atoms with Crippen molar-refractivity contribution < 1.29 is 18.8 Å². The first-order valence-corrected chi connectivity index (χ1v) is 7.58. The topological polar surface area (TPSA) is 116 Å². The summed E-state index contributed by atoms with van der Waals surface area (Å²) in [4.78, 5) is 38.3. The molecule has 0 atom stereocenters. The summed E-state index contributed by atoms with van der Waals surface area (Å²) in [5.41, 5.74) is 6.33. The highest BCUT2D eigenvalue weighted by atomic mass is 16.3. The van der Waals surface area contributed by atoms with E-state index < -0.39 is 11.8 Å². The molecule has 2 heterocycles. The van der Waals surface area contributed by atoms with Gasteiger partial charge in [-0.1, -0.05) is 18.2 Å². The van der Waals surface area contributed by atoms with E-state index in [-0.39, 0.29) is 24.6 Å². The number of rotatable bonds is 5. The Hall–Kier alpha value is -3.55. The van der Waals surface area contributed by atoms with Gasteiger partial charge in [-0.05, 0) is 23.8 Å². The molecule has 0 spiro atoms. The number of hydrogen-bond donors (Lipinski definition) is 4. The number of benzene rings is 1. The maximum atomic E-state index is 11.9. The first kappa shape index (κ1) is 16.3. The molecule has 25 heavy (non-hydrogen) atoms. The van der Waals surface area contributed by atoms with Crippen LogP contribution in [-0.4, -0.2) is 29.3 Å². The van der Waals surface area contributed by atoms with Crippen molar-refractivity contribution in [3.05, 3.63) is 60.2 Å². The molecule has 3 aromatic rings. The van der Waals surface area contributed by atoms with Crippen LogP contribution >= 0.6 is 0 Å². The summed E-state index contributed by atoms with van der Waals surface area (Å²) in [7, 11) is 0. The van der Waals surface area contributed by atoms with Gasteiger partial charge in [-0.15, -0.1) is 0 Å². The summed E-state index contributed by atoms with van der Waals surface area (Å²) in [6, 6.07) is 10.7. The van der Waals surface area contributed by atoms with Crippen LogP contribution in [0.1, 0.15) is 16.1 Å². The summed E-state index contributed by atoms with van der Waals surface area (Å²) in [5, 5.41) is 3.33. The van der Waals surface area contributed by atoms with Crippen LogP contribution in [0.15, 0.2) is 53.3 Å². The second-order valence-electron chi connectivity index (χ2n) is 5.29. The predicted octanol–water partition coefficient (Wildman–Crippen LogP) is 0.881. The lowest BCUT2D eigenvalue weighted by Gasteiger charge is -2.07. The summed E-state index contributed by atoms with van der Waals surface area (Å²) >= 11 is 0. The number of amides is 3. The second-order valence-corrected chi connectivity index (χ2v) is 5.29. The molecule has 0 aliphatic carbocycles. The maximum absolute atomic E-state index is 11.9. The largest absolute Gasteiger partial charge is 0.459 e. The average Bonchev–Trinajstić information content (AvgIpc) is 3.28. The average molecular weight is 340 g/mol. The minimum atomic E-state index is -0.549. The molecule has 0 radical (unpaired) electrons. The molecule has 0 aliphatic heterocycles. The first-order valence-electron chi connectivity index (χ1n) is 7.58. The highest BCUT2D eigenvalue weighted by molar-refractivity contribution is 5.94. The number of hydrazine groups is 1. The van der Waals surface area contributed by atoms with Crippen LogP contribution in [0, 0.1) is 0 Å². The molecule has 2 aromatic heterocycles. The number of aromatic nitrogens is 1. The predicted molar refractivity (Wildman–Crippen MR) is 89.3 cm³/mol. The number of aromatic amines is 1. The normalized spacial score (nSPS) is 10.4. The zero-order valence-electron chi connectivity index (χ0n) is 13.2. The quantitative estimate of drug-likeness (QED) is 0.516. The molecule has 3 amide bonds. The number of carbonyl (C=O) groups excluding carboxylic acids is 3. The van der Waals surface area contributed by atoms with Gasteiger partial charge in [0.1, 0.15) is 0 Å². The SMILES string of the molecule is O=C(CNC(=O)c1ccco1)NNC(=O)Cc1c[nH]c2ccccc12. The molecule has 0 saturated heterocycles. The van der Waals surface area contributed by atoms with E-state index in [2.05, 4.69) is 21.2 Å². The molecule has 0 unspecified atom stereocenters. The van der Waals surface area contributed by atoms with E-state index in [1.54, 1.807) is 12.3 Å². The van der Waals surface area contributed by atoms with Crippen molar-refractivity contribution in [2.75, 3.05) is 6.54 Å². The Morgan fingerprint density at radius 1 is 1.00 bits per heavy atom. The van der Waals surface area contributed by atoms with Gasteiger partial charge in [0.15, 0.2) is 5.76 Å². The molecule has 3 rings (SSSR count). The smallest absolute Gasteiger partial charge is 0.287 e. The maximum Gasteiger partial charge on any atom is 0.287 e. The van der Waals surface area contributed by atoms with E-state index in [9.17, 15) is 14.4 Å². The number of carbonyl (C=O) groups is 3. The number of nitrogens with one attached hydrogen (secondary N) is 4. The fourth-order valence-corrected chi connectivity index (χ4v) is 2.33. The lowest BCUT2D eigenvalue weighted by atomic mass is 10.1. The van der Waals surface area contributed by atoms with Crippen LogP contribution in [-0.2, 0) is 16.0 Å². The van der Waals surface area contributed by atoms with Gasteiger partial charge in [-0.25, -0.2) is 0 Å². The highest BCUT2D eigenvalue weighted by Crippen LogP contribution is 2.17. The van der Waals surface area contributed by atoms with Crippen LogP contribution in [0.2, 0.25) is 0 Å². The molecule has 8 nitrogen and oxygen atoms in total. The van der Waals surface area contributed by atoms with Crippen LogP contribution in [0.25, 0.3) is 10.9 Å². The zero-order valence-corrected chi connectivity index (χ0v) is 13.2. The van der Waals surface area contributed by atoms with Crippen molar-refractivity contribution >= 4 is 28.6 Å². The molecule has 4 N–H and O–H groups in total. The molecular formula is C17H16N4O4. The van der Waals surface area contributed by atoms with Crippen molar-refractivity contribution in [1.29, 1.82) is 0 Å². The van der Waals surface area contributed by atoms with Crippen molar-refractivity contribution in [3.8, 4) is 0 Å². The first-order chi connectivity index (χ1) is 12.1. The standard InChI is InChI=1S/C17H16N4O4/c22-15(8-11-9-18-13-5-2-1-4-12(11)13)20-21-16(23)10-19-17(24)14-6-3-7-25-14/h1-7,9,18H,8,10H2,(H,19,24)(H,20,22)(H,21,23). The third-order valence-corrected chi connectivity index (χ3v) is 3.52. The van der Waals surface area contributed by atoms with Gasteiger partial charge in [0, 0.05) is 17.1 Å². The van der Waals surface area contributed by atoms with Crippen molar-refractivity contribution in [3.63, 3.8) is 0 Å². The third-order valence-electron chi connectivity index (χ3n) is 3.52. The van der Waals surface area contributed by atoms with E-state index in [0.29, 0.717) is 0 Å². The highest BCUT2D eigenvalue weighted by Gasteiger charge is 2.12. The lowest BCUT2D eigenvalue weighted by Crippen LogP contribution is -2.46. The Bertz CT molecular complexity index is 898. The van der Waals surface area contributed by atoms with Gasteiger partial charge < -0.3 is 14.7 Å². The molecule has 128 valence electrons. The van der Waals surface area contributed by atoms with E-state index in [1.165, 1.54) is 12.3 Å². The van der Waals surface area contributed by atoms with Crippen LogP contribution in [0.3, 0.4) is 0 Å². The van der Waals surface area contributed by atoms with E-state index in [0.717, 1.165) is 16.5 Å². The monoisotopic (exact) mass is 340 g/mol. The second kappa shape index (κ2) is 7.35. The minimum absolute atomic E-state index is 0.108.